The van der Waals surface area contributed by atoms with Gasteiger partial charge < -0.3 is 0 Å². The van der Waals surface area contributed by atoms with Gasteiger partial charge in [-0.3, -0.25) is 0 Å². The van der Waals surface area contributed by atoms with Crippen molar-refractivity contribution in [3.05, 3.63) is 10.4 Å². The quantitative estimate of drug-likeness (QED) is 0.0851. The Hall–Kier alpha value is -1.36. The Morgan fingerprint density at radius 2 is 1.37 bits per heavy atom. The van der Waals surface area contributed by atoms with Crippen LogP contribution in [0.1, 0.15) is 97.3 Å². The van der Waals surface area contributed by atoms with Crippen LogP contribution in [-0.4, -0.2) is 32.8 Å². The molecule has 152 valence electrons. The van der Waals surface area contributed by atoms with E-state index in [0.717, 1.165) is 33.8 Å². The molecule has 0 heterocycles. The Morgan fingerprint density at radius 1 is 0.852 bits per heavy atom. The van der Waals surface area contributed by atoms with Crippen molar-refractivity contribution < 1.29 is 9.31 Å². The molecule has 3 atom stereocenters. The zero-order valence-corrected chi connectivity index (χ0v) is 17.2. The van der Waals surface area contributed by atoms with Crippen LogP contribution in [0, 0.1) is 10.6 Å². The van der Waals surface area contributed by atoms with E-state index in [4.69, 9.17) is 25.5 Å². The summed E-state index contributed by atoms with van der Waals surface area (Å²) in [5, 5.41) is 18.2. The first-order chi connectivity index (χ1) is 13.2. The van der Waals surface area contributed by atoms with Gasteiger partial charge in [0.25, 0.3) is 0 Å². The molecule has 0 rings (SSSR count). The summed E-state index contributed by atoms with van der Waals surface area (Å²) < 4.78 is 10.8. The van der Waals surface area contributed by atoms with Crippen molar-refractivity contribution in [3.63, 3.8) is 0 Å². The molecule has 0 aliphatic heterocycles. The molecule has 9 heteroatoms. The molecule has 0 saturated heterocycles. The van der Waals surface area contributed by atoms with E-state index >= 15 is 0 Å². The molecule has 27 heavy (non-hydrogen) atoms. The van der Waals surface area contributed by atoms with Crippen molar-refractivity contribution >= 4 is 14.5 Å². The number of unbranched alkanes of at least 4 members (excludes halogenated alkanes) is 10. The average Bonchev–Trinajstić information content (AvgIpc) is 2.68. The van der Waals surface area contributed by atoms with Gasteiger partial charge in [0, 0.05) is 0 Å². The second-order valence-corrected chi connectivity index (χ2v) is 7.02. The first kappa shape index (κ1) is 25.6. The van der Waals surface area contributed by atoms with Gasteiger partial charge in [-0.05, 0) is 0 Å². The van der Waals surface area contributed by atoms with E-state index < -0.39 is 12.1 Å². The maximum atomic E-state index is 8.73. The van der Waals surface area contributed by atoms with Gasteiger partial charge in [0.1, 0.15) is 0 Å². The summed E-state index contributed by atoms with van der Waals surface area (Å²) in [6, 6.07) is -0.408. The minimum absolute atomic E-state index is 0.377. The van der Waals surface area contributed by atoms with Crippen molar-refractivity contribution in [1.82, 2.24) is 0 Å². The van der Waals surface area contributed by atoms with Gasteiger partial charge in [0.15, 0.2) is 0 Å². The Bertz CT molecular complexity index is 423. The topological polar surface area (TPSA) is 115 Å². The van der Waals surface area contributed by atoms with Gasteiger partial charge in [-0.2, -0.15) is 0 Å². The van der Waals surface area contributed by atoms with Gasteiger partial charge in [0.05, 0.1) is 0 Å². The monoisotopic (exact) mass is 377 g/mol. The van der Waals surface area contributed by atoms with E-state index in [0.29, 0.717) is 6.42 Å². The molecule has 7 nitrogen and oxygen atoms in total. The van der Waals surface area contributed by atoms with E-state index in [-0.39, 0.29) is 6.10 Å². The van der Waals surface area contributed by atoms with Gasteiger partial charge in [-0.15, -0.1) is 0 Å². The zero-order chi connectivity index (χ0) is 20.2. The second kappa shape index (κ2) is 19.4. The van der Waals surface area contributed by atoms with E-state index in [9.17, 15) is 0 Å². The van der Waals surface area contributed by atoms with Gasteiger partial charge in [0.2, 0.25) is 0 Å². The van der Waals surface area contributed by atoms with Crippen LogP contribution in [0.5, 0.6) is 0 Å². The summed E-state index contributed by atoms with van der Waals surface area (Å²) in [6.45, 7) is 4.15. The number of azide groups is 1. The third-order valence-electron chi connectivity index (χ3n) is 4.92. The molecule has 2 N–H and O–H groups in total. The molecule has 0 radical (unpaired) electrons. The number of nitrogens with zero attached hydrogens (tertiary/aromatic N) is 3. The fourth-order valence-corrected chi connectivity index (χ4v) is 3.36. The molecule has 0 aromatic carbocycles. The van der Waals surface area contributed by atoms with Crippen LogP contribution in [0.2, 0.25) is 0 Å². The van der Waals surface area contributed by atoms with Gasteiger partial charge in [-0.25, -0.2) is 0 Å². The van der Waals surface area contributed by atoms with Crippen molar-refractivity contribution in [1.29, 1.82) is 10.6 Å². The first-order valence-corrected chi connectivity index (χ1v) is 10.6. The predicted octanol–water partition coefficient (Wildman–Crippen LogP) is 6.31. The summed E-state index contributed by atoms with van der Waals surface area (Å²) in [5.41, 5.74) is 8.73. The molecule has 0 fully saturated rings. The molecule has 0 unspecified atom stereocenters. The SMILES string of the molecule is CCCCCCCCCCCCC[C@@H](OB=N)[C@@H](OB=N)[C@H](CC)N=[N+]=[N-]. The van der Waals surface area contributed by atoms with E-state index in [1.165, 1.54) is 57.8 Å². The molecule has 0 bridgehead atoms. The summed E-state index contributed by atoms with van der Waals surface area (Å²) >= 11 is 0. The first-order valence-electron chi connectivity index (χ1n) is 10.6. The summed E-state index contributed by atoms with van der Waals surface area (Å²) in [4.78, 5) is 2.87. The molecule has 0 spiro atoms. The molecule has 0 amide bonds. The molecule has 0 aliphatic carbocycles. The van der Waals surface area contributed by atoms with Crippen molar-refractivity contribution in [2.75, 3.05) is 0 Å². The molecule has 0 aromatic rings. The normalized spacial score (nSPS) is 13.6. The Balaban J connectivity index is 4.13. The van der Waals surface area contributed by atoms with Crippen LogP contribution in [0.25, 0.3) is 10.4 Å². The van der Waals surface area contributed by atoms with Crippen LogP contribution in [0.4, 0.5) is 0 Å². The Kier molecular flexibility index (Phi) is 18.4. The number of nitrogens with one attached hydrogen (secondary N) is 2. The van der Waals surface area contributed by atoms with E-state index in [1.807, 2.05) is 6.92 Å². The van der Waals surface area contributed by atoms with Crippen LogP contribution >= 0.6 is 0 Å². The number of rotatable bonds is 20. The standard InChI is InChI=1S/C18H37B2N5O2/c1-3-5-6-7-8-9-10-11-12-13-14-15-17(26-19-21)18(27-20-22)16(4-2)24-25-23/h16-18,21-22H,3-15H2,1-2H3/t16-,17+,18-/m0/s1. The zero-order valence-electron chi connectivity index (χ0n) is 17.2. The van der Waals surface area contributed by atoms with Crippen molar-refractivity contribution in [2.24, 2.45) is 5.11 Å². The third kappa shape index (κ3) is 13.5. The average molecular weight is 377 g/mol. The predicted molar refractivity (Wildman–Crippen MR) is 111 cm³/mol. The fraction of sp³-hybridized carbons (Fsp3) is 1.00. The molecule has 0 aromatic heterocycles. The van der Waals surface area contributed by atoms with Crippen molar-refractivity contribution in [3.8, 4) is 0 Å². The fourth-order valence-electron chi connectivity index (χ4n) is 3.36. The third-order valence-corrected chi connectivity index (χ3v) is 4.92. The Labute approximate surface area is 166 Å². The molecular weight excluding hydrogens is 340 g/mol. The van der Waals surface area contributed by atoms with E-state index in [1.54, 1.807) is 0 Å². The summed E-state index contributed by atoms with van der Waals surface area (Å²) in [6.07, 6.45) is 14.4. The number of hydrogen-bond acceptors (Lipinski definition) is 5. The van der Waals surface area contributed by atoms with Crippen LogP contribution in [0.3, 0.4) is 0 Å². The Morgan fingerprint density at radius 3 is 1.81 bits per heavy atom. The molecular formula is C18H37B2N5O2. The summed E-state index contributed by atoms with van der Waals surface area (Å²) in [7, 11) is 1.77. The van der Waals surface area contributed by atoms with Crippen LogP contribution < -0.4 is 0 Å². The van der Waals surface area contributed by atoms with Gasteiger partial charge in [-0.1, -0.05) is 19.8 Å². The van der Waals surface area contributed by atoms with Gasteiger partial charge >= 0.3 is 146 Å². The van der Waals surface area contributed by atoms with Crippen molar-refractivity contribution in [2.45, 2.75) is 116 Å². The van der Waals surface area contributed by atoms with E-state index in [2.05, 4.69) is 16.9 Å². The second-order valence-electron chi connectivity index (χ2n) is 7.02. The molecule has 0 aliphatic rings. The minimum atomic E-state index is -0.534. The summed E-state index contributed by atoms with van der Waals surface area (Å²) in [5.74, 6) is 0. The van der Waals surface area contributed by atoms with Crippen LogP contribution in [-0.2, 0) is 9.31 Å². The number of hydrogen-bond donors (Lipinski definition) is 2. The van der Waals surface area contributed by atoms with Crippen LogP contribution in [0.15, 0.2) is 5.11 Å². The maximum absolute atomic E-state index is 8.73. The molecule has 0 saturated carbocycles.